The Morgan fingerprint density at radius 2 is 0.603 bits per heavy atom. The summed E-state index contributed by atoms with van der Waals surface area (Å²) < 4.78 is 65.1. The summed E-state index contributed by atoms with van der Waals surface area (Å²) in [6, 6.07) is 133. The van der Waals surface area contributed by atoms with E-state index in [4.69, 9.17) is 28.5 Å². The number of fused-ring (bicyclic) bond motifs is 19. The zero-order valence-corrected chi connectivity index (χ0v) is 86.8. The van der Waals surface area contributed by atoms with E-state index in [9.17, 15) is 8.42 Å². The number of hydrogen-bond acceptors (Lipinski definition) is 16. The van der Waals surface area contributed by atoms with Crippen LogP contribution in [-0.2, 0) is 88.0 Å². The molecule has 0 amide bonds. The molecule has 24 aromatic rings. The number of furan rings is 1. The normalized spacial score (nSPS) is 11.9. The van der Waals surface area contributed by atoms with E-state index in [0.29, 0.717) is 62.0 Å². The van der Waals surface area contributed by atoms with E-state index in [-0.39, 0.29) is 5.41 Å². The summed E-state index contributed by atoms with van der Waals surface area (Å²) in [5.74, 6) is 4.35. The third-order valence-electron chi connectivity index (χ3n) is 24.6. The van der Waals surface area contributed by atoms with Crippen molar-refractivity contribution < 1.29 is 105 Å². The van der Waals surface area contributed by atoms with E-state index in [2.05, 4.69) is 334 Å². The molecule has 0 radical (unpaired) electrons. The topological polar surface area (TPSA) is 207 Å². The Balaban J connectivity index is 0.000000117. The molecule has 0 fully saturated rings. The minimum absolute atomic E-state index is 0.325. The maximum Gasteiger partial charge on any atom is 0.216 e. The van der Waals surface area contributed by atoms with E-state index >= 15 is 0 Å². The number of hydrogen-bond donors (Lipinski definition) is 0. The van der Waals surface area contributed by atoms with Crippen LogP contribution in [0.15, 0.2) is 453 Å². The molecule has 0 bridgehead atoms. The van der Waals surface area contributed by atoms with Crippen molar-refractivity contribution in [3.8, 4) is 147 Å². The van der Waals surface area contributed by atoms with Gasteiger partial charge in [0.1, 0.15) is 11.2 Å². The summed E-state index contributed by atoms with van der Waals surface area (Å²) in [6.45, 7) is 0. The van der Waals surface area contributed by atoms with E-state index in [1.54, 1.807) is 76.7 Å². The van der Waals surface area contributed by atoms with Crippen molar-refractivity contribution in [2.45, 2.75) is 15.2 Å². The fourth-order valence-electron chi connectivity index (χ4n) is 18.3. The molecule has 11 heterocycles. The Hall–Kier alpha value is -14.5. The number of aromatic nitrogens is 12. The van der Waals surface area contributed by atoms with Gasteiger partial charge in [-0.2, -0.15) is 44.7 Å². The molecule has 1 spiro atoms. The van der Waals surface area contributed by atoms with Gasteiger partial charge in [-0.15, -0.1) is 84.1 Å². The molecule has 0 N–H and O–H groups in total. The molecule has 2 aliphatic carbocycles. The maximum atomic E-state index is 13.0. The van der Waals surface area contributed by atoms with Gasteiger partial charge in [0.15, 0.2) is 0 Å². The summed E-state index contributed by atoms with van der Waals surface area (Å²) in [7, 11) is 14.4. The number of rotatable bonds is 16. The minimum atomic E-state index is -3.53. The average molecular weight is 2390 g/mol. The van der Waals surface area contributed by atoms with Gasteiger partial charge in [-0.25, -0.2) is 28.4 Å². The Labute approximate surface area is 903 Å². The monoisotopic (exact) mass is 2380 g/mol. The van der Waals surface area contributed by atoms with Crippen molar-refractivity contribution in [2.24, 2.45) is 0 Å². The fraction of sp³-hybridized carbons (Fsp3) is 0.00855. The summed E-state index contributed by atoms with van der Waals surface area (Å²) in [4.78, 5) is 17.5. The molecule has 19 nitrogen and oxygen atoms in total. The molecule has 0 saturated carbocycles. The van der Waals surface area contributed by atoms with Gasteiger partial charge in [0, 0.05) is 161 Å². The van der Waals surface area contributed by atoms with Crippen LogP contribution < -0.4 is 18.9 Å². The first kappa shape index (κ1) is 98.9. The Kier molecular flexibility index (Phi) is 30.8. The molecule has 146 heavy (non-hydrogen) atoms. The first-order valence-corrected chi connectivity index (χ1v) is 55.3. The fourth-order valence-corrected chi connectivity index (χ4v) is 21.1. The third-order valence-corrected chi connectivity index (χ3v) is 27.5. The molecule has 14 aromatic carbocycles. The number of halogens is 4. The number of ether oxygens (including phenoxy) is 4. The van der Waals surface area contributed by atoms with Crippen LogP contribution in [0.1, 0.15) is 22.3 Å². The van der Waals surface area contributed by atoms with Gasteiger partial charge in [-0.05, 0) is 162 Å². The molecule has 1 aliphatic heterocycles. The van der Waals surface area contributed by atoms with Crippen LogP contribution in [0, 0.1) is 24.3 Å². The van der Waals surface area contributed by atoms with E-state index in [1.165, 1.54) is 64.7 Å². The van der Waals surface area contributed by atoms with Crippen LogP contribution in [0.2, 0.25) is 0 Å². The van der Waals surface area contributed by atoms with Gasteiger partial charge in [0.05, 0.1) is 40.0 Å². The Morgan fingerprint density at radius 3 is 1.04 bits per heavy atom. The zero-order valence-electron chi connectivity index (χ0n) is 75.9. The van der Waals surface area contributed by atoms with Gasteiger partial charge in [-0.1, -0.05) is 194 Å². The van der Waals surface area contributed by atoms with Crippen molar-refractivity contribution in [3.05, 3.63) is 485 Å². The van der Waals surface area contributed by atoms with Crippen molar-refractivity contribution in [3.63, 3.8) is 0 Å². The molecular formula is C117H72Cl4N12O7Pd4S2. The summed E-state index contributed by atoms with van der Waals surface area (Å²) >= 11 is 10.7. The summed E-state index contributed by atoms with van der Waals surface area (Å²) in [5.41, 5.74) is 24.5. The molecule has 0 saturated heterocycles. The first-order valence-electron chi connectivity index (χ1n) is 45.0. The second-order valence-electron chi connectivity index (χ2n) is 32.9. The number of benzene rings is 14. The van der Waals surface area contributed by atoms with E-state index in [0.717, 1.165) is 94.6 Å². The first-order chi connectivity index (χ1) is 72.1. The predicted octanol–water partition coefficient (Wildman–Crippen LogP) is 30.3. The van der Waals surface area contributed by atoms with Crippen molar-refractivity contribution in [1.29, 1.82) is 0 Å². The van der Waals surface area contributed by atoms with Crippen LogP contribution in [-0.4, -0.2) is 67.5 Å². The van der Waals surface area contributed by atoms with Crippen molar-refractivity contribution >= 4 is 101 Å². The third kappa shape index (κ3) is 20.4. The van der Waals surface area contributed by atoms with Crippen LogP contribution in [0.4, 0.5) is 0 Å². The largest absolute Gasteiger partial charge is 0.466 e. The average Bonchev–Trinajstić information content (AvgIpc) is 1.50. The van der Waals surface area contributed by atoms with Gasteiger partial charge < -0.3 is 23.4 Å². The molecule has 0 atom stereocenters. The molecule has 27 rings (SSSR count). The number of thiophene rings is 1. The molecule has 29 heteroatoms. The summed E-state index contributed by atoms with van der Waals surface area (Å²) in [5, 5.41) is 23.1. The Bertz CT molecular complexity index is 8620. The maximum absolute atomic E-state index is 13.0. The zero-order chi connectivity index (χ0) is 100. The number of pyridine rings is 4. The quantitative estimate of drug-likeness (QED) is 0.0651. The number of para-hydroxylation sites is 1. The van der Waals surface area contributed by atoms with Crippen molar-refractivity contribution in [1.82, 2.24) is 59.1 Å². The van der Waals surface area contributed by atoms with Gasteiger partial charge in [-0.3, -0.25) is 18.7 Å². The van der Waals surface area contributed by atoms with E-state index in [1.807, 2.05) is 228 Å². The minimum Gasteiger partial charge on any atom is -0.466 e. The standard InChI is InChI=1S/C39H24N3O.C26H16N3O3S.C26H16N3O2.C26H16N3OS.4ClH.4Pd/c1-4-15-34-30(12-1)31-13-2-5-16-35(31)39(34)36-17-6-3-14-32(36)33-20-19-26(22-37(33)39)27-24-41-42(25-27)28-10-9-11-29(23-28)43-38-18-7-8-21-40-38;30-33(31)24-9-2-1-8-22(24)23-12-11-18(14-25(23)33)19-16-28-29(17-19)20-6-5-7-21(15-20)32-26-10-3-4-13-27-26;2*1-2-9-24-22(8-1)23-12-11-18(14-25(23)31-24)19-16-28-29(17-19)20-6-5-7-21(15-20)30-26-10-3-4-13-27-26;;;;;;;;/h1-22,24-25H;1-14,16-17H;2*1-14,16-17H;4*1H;;;;/q4*-1;;;;;4*+2/p-4. The molecule has 722 valence electrons. The van der Waals surface area contributed by atoms with Gasteiger partial charge >= 0.3 is 111 Å². The number of sulfone groups is 1. The second kappa shape index (κ2) is 45.4. The van der Waals surface area contributed by atoms with Crippen LogP contribution in [0.3, 0.4) is 0 Å². The molecule has 10 aromatic heterocycles. The molecule has 0 unspecified atom stereocenters. The van der Waals surface area contributed by atoms with Crippen LogP contribution >= 0.6 is 49.5 Å². The van der Waals surface area contributed by atoms with E-state index < -0.39 is 9.84 Å². The molecular weight excluding hydrogens is 2320 g/mol. The smallest absolute Gasteiger partial charge is 0.216 e. The number of nitrogens with zero attached hydrogens (tertiary/aromatic N) is 12. The summed E-state index contributed by atoms with van der Waals surface area (Å²) in [6.07, 6.45) is 22.0. The van der Waals surface area contributed by atoms with Gasteiger partial charge in [0.25, 0.3) is 0 Å². The van der Waals surface area contributed by atoms with Crippen LogP contribution in [0.25, 0.3) is 143 Å². The Morgan fingerprint density at radius 1 is 0.274 bits per heavy atom. The van der Waals surface area contributed by atoms with Gasteiger partial charge in [0.2, 0.25) is 33.4 Å². The van der Waals surface area contributed by atoms with Crippen LogP contribution in [0.5, 0.6) is 46.5 Å². The second-order valence-corrected chi connectivity index (χ2v) is 35.8. The SMILES string of the molecule is O=S1(=O)c2ccccc2-c2ccc(-c3cnn(-c4[c-]c(Oc5ccccn5)ccc4)c3)cc21.[Cl][Pd+].[Cl][Pd+].[Cl][Pd+].[Cl][Pd+].[c-]1c(Oc2ccccn2)cccc1-n1cc(-c2ccc3c(c2)C2(c4ccccc4-c4ccccc42)c2ccccc2-3)cn1.[c-]1c(Oc2ccccn2)cccc1-n1cc(-c2ccc3c(c2)oc2ccccc23)cn1.[c-]1c(Oc2ccccn2)cccc1-n1cc(-c2ccc3c(c2)sc2ccccc23)cn1. The predicted molar refractivity (Wildman–Crippen MR) is 559 cm³/mol. The van der Waals surface area contributed by atoms with Crippen molar-refractivity contribution in [2.75, 3.05) is 0 Å². The molecule has 3 aliphatic rings.